The molecule has 0 aromatic carbocycles. The number of nitrogens with one attached hydrogen (secondary N) is 1. The minimum Gasteiger partial charge on any atom is -0.387 e. The van der Waals surface area contributed by atoms with Crippen molar-refractivity contribution < 1.29 is 13.5 Å². The van der Waals surface area contributed by atoms with Gasteiger partial charge >= 0.3 is 0 Å². The molecule has 5 nitrogen and oxygen atoms in total. The summed E-state index contributed by atoms with van der Waals surface area (Å²) in [5, 5.41) is 11.4. The molecule has 1 aliphatic rings. The van der Waals surface area contributed by atoms with E-state index in [-0.39, 0.29) is 11.7 Å². The summed E-state index contributed by atoms with van der Waals surface area (Å²) in [5.41, 5.74) is 0.500. The minimum atomic E-state index is -3.33. The number of aliphatic hydroxyl groups is 1. The first kappa shape index (κ1) is 14.7. The lowest BCUT2D eigenvalue weighted by Crippen LogP contribution is -2.24. The van der Waals surface area contributed by atoms with E-state index in [4.69, 9.17) is 0 Å². The Kier molecular flexibility index (Phi) is 4.81. The Labute approximate surface area is 118 Å². The molecule has 1 saturated carbocycles. The van der Waals surface area contributed by atoms with E-state index in [0.717, 1.165) is 25.7 Å². The lowest BCUT2D eigenvalue weighted by Gasteiger charge is -2.21. The van der Waals surface area contributed by atoms with Crippen molar-refractivity contribution in [1.82, 2.24) is 4.98 Å². The molecule has 1 aromatic heterocycles. The van der Waals surface area contributed by atoms with Crippen LogP contribution in [0.15, 0.2) is 5.38 Å². The van der Waals surface area contributed by atoms with Crippen molar-refractivity contribution in [1.29, 1.82) is 0 Å². The fourth-order valence-corrected chi connectivity index (χ4v) is 4.93. The summed E-state index contributed by atoms with van der Waals surface area (Å²) in [5.74, 6) is 0.443. The molecule has 19 heavy (non-hydrogen) atoms. The Balaban J connectivity index is 1.95. The Morgan fingerprint density at radius 1 is 1.47 bits per heavy atom. The van der Waals surface area contributed by atoms with Crippen LogP contribution in [0, 0.1) is 5.92 Å². The zero-order valence-electron chi connectivity index (χ0n) is 11.0. The van der Waals surface area contributed by atoms with Crippen LogP contribution in [-0.4, -0.2) is 24.3 Å². The largest absolute Gasteiger partial charge is 0.387 e. The first-order valence-corrected chi connectivity index (χ1v) is 9.13. The van der Waals surface area contributed by atoms with E-state index >= 15 is 0 Å². The number of sulfonamides is 1. The van der Waals surface area contributed by atoms with Gasteiger partial charge in [0.1, 0.15) is 0 Å². The van der Waals surface area contributed by atoms with Gasteiger partial charge in [0.2, 0.25) is 10.0 Å². The van der Waals surface area contributed by atoms with Crippen molar-refractivity contribution in [2.45, 2.75) is 45.1 Å². The van der Waals surface area contributed by atoms with Gasteiger partial charge in [0, 0.05) is 5.38 Å². The van der Waals surface area contributed by atoms with E-state index in [1.165, 1.54) is 17.8 Å². The van der Waals surface area contributed by atoms with E-state index in [0.29, 0.717) is 10.8 Å². The summed E-state index contributed by atoms with van der Waals surface area (Å²) in [6.45, 7) is 1.61. The molecule has 0 aliphatic heterocycles. The molecule has 1 atom stereocenters. The number of rotatable bonds is 5. The average Bonchev–Trinajstić information content (AvgIpc) is 2.77. The Bertz CT molecular complexity index is 505. The van der Waals surface area contributed by atoms with Crippen molar-refractivity contribution in [2.24, 2.45) is 5.92 Å². The highest BCUT2D eigenvalue weighted by atomic mass is 32.2. The number of aliphatic hydroxyl groups excluding tert-OH is 1. The molecule has 2 N–H and O–H groups in total. The number of thiazole rings is 1. The molecular formula is C12H20N2O3S2. The Morgan fingerprint density at radius 2 is 2.16 bits per heavy atom. The summed E-state index contributed by atoms with van der Waals surface area (Å²) >= 11 is 1.21. The molecule has 1 aromatic rings. The molecule has 0 radical (unpaired) electrons. The van der Waals surface area contributed by atoms with Gasteiger partial charge < -0.3 is 5.11 Å². The lowest BCUT2D eigenvalue weighted by molar-refractivity contribution is 0.195. The van der Waals surface area contributed by atoms with Crippen LogP contribution in [0.3, 0.4) is 0 Å². The van der Waals surface area contributed by atoms with Crippen LogP contribution in [-0.2, 0) is 10.0 Å². The minimum absolute atomic E-state index is 0.177. The monoisotopic (exact) mass is 304 g/mol. The van der Waals surface area contributed by atoms with E-state index < -0.39 is 16.1 Å². The third-order valence-corrected chi connectivity index (χ3v) is 5.69. The van der Waals surface area contributed by atoms with E-state index in [9.17, 15) is 13.5 Å². The summed E-state index contributed by atoms with van der Waals surface area (Å²) in [6, 6.07) is 0. The van der Waals surface area contributed by atoms with Gasteiger partial charge in [-0.25, -0.2) is 13.4 Å². The maximum Gasteiger partial charge on any atom is 0.234 e. The molecule has 0 bridgehead atoms. The molecule has 1 fully saturated rings. The van der Waals surface area contributed by atoms with Gasteiger partial charge in [-0.1, -0.05) is 19.3 Å². The Morgan fingerprint density at radius 3 is 2.74 bits per heavy atom. The van der Waals surface area contributed by atoms with E-state index in [2.05, 4.69) is 9.71 Å². The van der Waals surface area contributed by atoms with Crippen LogP contribution in [0.25, 0.3) is 0 Å². The fourth-order valence-electron chi connectivity index (χ4n) is 2.36. The van der Waals surface area contributed by atoms with Gasteiger partial charge in [-0.05, 0) is 25.7 Å². The maximum atomic E-state index is 12.0. The molecule has 0 saturated heterocycles. The van der Waals surface area contributed by atoms with Crippen LogP contribution >= 0.6 is 11.3 Å². The molecule has 1 heterocycles. The molecule has 1 aliphatic carbocycles. The van der Waals surface area contributed by atoms with E-state index in [1.807, 2.05) is 0 Å². The molecule has 2 rings (SSSR count). The summed E-state index contributed by atoms with van der Waals surface area (Å²) in [7, 11) is -3.33. The van der Waals surface area contributed by atoms with Gasteiger partial charge in [0.25, 0.3) is 0 Å². The summed E-state index contributed by atoms with van der Waals surface area (Å²) < 4.78 is 26.6. The van der Waals surface area contributed by atoms with Gasteiger partial charge in [-0.15, -0.1) is 11.3 Å². The highest BCUT2D eigenvalue weighted by Gasteiger charge is 2.22. The molecule has 0 amide bonds. The molecule has 108 valence electrons. The zero-order chi connectivity index (χ0) is 13.9. The predicted octanol–water partition coefficient (Wildman–Crippen LogP) is 2.52. The topological polar surface area (TPSA) is 79.3 Å². The van der Waals surface area contributed by atoms with Gasteiger partial charge in [0.15, 0.2) is 5.13 Å². The van der Waals surface area contributed by atoms with Crippen molar-refractivity contribution in [3.63, 3.8) is 0 Å². The number of hydrogen-bond donors (Lipinski definition) is 2. The molecule has 7 heteroatoms. The first-order chi connectivity index (χ1) is 8.96. The molecule has 1 unspecified atom stereocenters. The van der Waals surface area contributed by atoms with E-state index in [1.54, 1.807) is 12.3 Å². The van der Waals surface area contributed by atoms with Crippen LogP contribution < -0.4 is 4.72 Å². The standard InChI is InChI=1S/C12H20N2O3S2/c1-9(15)11-7-18-12(13-11)14-19(16,17)8-10-5-3-2-4-6-10/h7,9-10,15H,2-6,8H2,1H3,(H,13,14). The summed E-state index contributed by atoms with van der Waals surface area (Å²) in [4.78, 5) is 4.07. The Hall–Kier alpha value is -0.660. The smallest absolute Gasteiger partial charge is 0.234 e. The van der Waals surface area contributed by atoms with Gasteiger partial charge in [0.05, 0.1) is 17.6 Å². The van der Waals surface area contributed by atoms with Crippen molar-refractivity contribution >= 4 is 26.5 Å². The van der Waals surface area contributed by atoms with Crippen molar-refractivity contribution in [3.05, 3.63) is 11.1 Å². The normalized spacial score (nSPS) is 19.3. The second kappa shape index (κ2) is 6.19. The predicted molar refractivity (Wildman–Crippen MR) is 76.7 cm³/mol. The maximum absolute atomic E-state index is 12.0. The second-order valence-corrected chi connectivity index (χ2v) is 7.77. The average molecular weight is 304 g/mol. The van der Waals surface area contributed by atoms with Crippen molar-refractivity contribution in [3.8, 4) is 0 Å². The third kappa shape index (κ3) is 4.43. The second-order valence-electron chi connectivity index (χ2n) is 5.14. The fraction of sp³-hybridized carbons (Fsp3) is 0.750. The molecule has 0 spiro atoms. The van der Waals surface area contributed by atoms with Gasteiger partial charge in [-0.2, -0.15) is 0 Å². The zero-order valence-corrected chi connectivity index (χ0v) is 12.6. The highest BCUT2D eigenvalue weighted by Crippen LogP contribution is 2.26. The highest BCUT2D eigenvalue weighted by molar-refractivity contribution is 7.92. The third-order valence-electron chi connectivity index (χ3n) is 3.37. The summed E-state index contributed by atoms with van der Waals surface area (Å²) in [6.07, 6.45) is 4.80. The SMILES string of the molecule is CC(O)c1csc(NS(=O)(=O)CC2CCCCC2)n1. The van der Waals surface area contributed by atoms with Crippen molar-refractivity contribution in [2.75, 3.05) is 10.5 Å². The van der Waals surface area contributed by atoms with Crippen LogP contribution in [0.5, 0.6) is 0 Å². The van der Waals surface area contributed by atoms with Crippen LogP contribution in [0.2, 0.25) is 0 Å². The first-order valence-electron chi connectivity index (χ1n) is 6.60. The van der Waals surface area contributed by atoms with Crippen LogP contribution in [0.4, 0.5) is 5.13 Å². The van der Waals surface area contributed by atoms with Crippen LogP contribution in [0.1, 0.15) is 50.8 Å². The number of anilines is 1. The number of nitrogens with zero attached hydrogens (tertiary/aromatic N) is 1. The van der Waals surface area contributed by atoms with Gasteiger partial charge in [-0.3, -0.25) is 4.72 Å². The quantitative estimate of drug-likeness (QED) is 0.876. The number of aromatic nitrogens is 1. The number of hydrogen-bond acceptors (Lipinski definition) is 5. The lowest BCUT2D eigenvalue weighted by atomic mass is 9.91. The molecular weight excluding hydrogens is 284 g/mol.